The third-order valence-electron chi connectivity index (χ3n) is 2.26. The van der Waals surface area contributed by atoms with E-state index in [0.29, 0.717) is 11.6 Å². The van der Waals surface area contributed by atoms with Crippen LogP contribution in [-0.2, 0) is 6.54 Å². The SMILES string of the molecule is CCCn1ncn(-c2cccc(Cl)c2)c1=O. The number of benzene rings is 1. The zero-order valence-electron chi connectivity index (χ0n) is 8.93. The number of hydrogen-bond acceptors (Lipinski definition) is 2. The van der Waals surface area contributed by atoms with Gasteiger partial charge in [0, 0.05) is 11.6 Å². The average Bonchev–Trinajstić information content (AvgIpc) is 2.61. The summed E-state index contributed by atoms with van der Waals surface area (Å²) in [4.78, 5) is 11.9. The molecule has 1 heterocycles. The molecule has 0 N–H and O–H groups in total. The standard InChI is InChI=1S/C11H12ClN3O/c1-2-6-15-11(16)14(8-13-15)10-5-3-4-9(12)7-10/h3-5,7-8H,2,6H2,1H3. The van der Waals surface area contributed by atoms with Crippen molar-refractivity contribution in [1.82, 2.24) is 14.3 Å². The maximum Gasteiger partial charge on any atom is 0.350 e. The van der Waals surface area contributed by atoms with E-state index >= 15 is 0 Å². The molecule has 5 heteroatoms. The van der Waals surface area contributed by atoms with Gasteiger partial charge in [-0.2, -0.15) is 5.10 Å². The second-order valence-corrected chi connectivity index (χ2v) is 3.92. The van der Waals surface area contributed by atoms with Crippen LogP contribution in [0, 0.1) is 0 Å². The summed E-state index contributed by atoms with van der Waals surface area (Å²) < 4.78 is 2.93. The molecule has 0 unspecified atom stereocenters. The van der Waals surface area contributed by atoms with Crippen molar-refractivity contribution in [3.8, 4) is 5.69 Å². The fraction of sp³-hybridized carbons (Fsp3) is 0.273. The lowest BCUT2D eigenvalue weighted by Gasteiger charge is -2.00. The minimum atomic E-state index is -0.135. The van der Waals surface area contributed by atoms with E-state index in [9.17, 15) is 4.79 Å². The Morgan fingerprint density at radius 1 is 1.44 bits per heavy atom. The molecule has 0 fully saturated rings. The maximum atomic E-state index is 11.9. The normalized spacial score (nSPS) is 10.6. The van der Waals surface area contributed by atoms with Gasteiger partial charge in [0.1, 0.15) is 6.33 Å². The van der Waals surface area contributed by atoms with Gasteiger partial charge in [-0.1, -0.05) is 24.6 Å². The van der Waals surface area contributed by atoms with Gasteiger partial charge in [-0.15, -0.1) is 0 Å². The summed E-state index contributed by atoms with van der Waals surface area (Å²) >= 11 is 5.87. The first kappa shape index (κ1) is 11.0. The maximum absolute atomic E-state index is 11.9. The van der Waals surface area contributed by atoms with Gasteiger partial charge in [-0.3, -0.25) is 0 Å². The smallest absolute Gasteiger partial charge is 0.250 e. The highest BCUT2D eigenvalue weighted by Gasteiger charge is 2.05. The topological polar surface area (TPSA) is 39.8 Å². The van der Waals surface area contributed by atoms with Gasteiger partial charge in [0.15, 0.2) is 0 Å². The molecule has 1 aromatic carbocycles. The van der Waals surface area contributed by atoms with Crippen LogP contribution in [0.2, 0.25) is 5.02 Å². The molecule has 0 atom stereocenters. The van der Waals surface area contributed by atoms with Crippen molar-refractivity contribution in [2.24, 2.45) is 0 Å². The van der Waals surface area contributed by atoms with Crippen molar-refractivity contribution >= 4 is 11.6 Å². The van der Waals surface area contributed by atoms with Gasteiger partial charge in [-0.25, -0.2) is 14.0 Å². The highest BCUT2D eigenvalue weighted by molar-refractivity contribution is 6.30. The van der Waals surface area contributed by atoms with E-state index < -0.39 is 0 Å². The number of nitrogens with zero attached hydrogens (tertiary/aromatic N) is 3. The molecule has 2 rings (SSSR count). The van der Waals surface area contributed by atoms with Crippen LogP contribution < -0.4 is 5.69 Å². The molecular formula is C11H12ClN3O. The van der Waals surface area contributed by atoms with E-state index in [1.54, 1.807) is 18.2 Å². The molecule has 4 nitrogen and oxygen atoms in total. The van der Waals surface area contributed by atoms with Crippen LogP contribution in [0.3, 0.4) is 0 Å². The lowest BCUT2D eigenvalue weighted by atomic mass is 10.3. The minimum Gasteiger partial charge on any atom is -0.250 e. The van der Waals surface area contributed by atoms with Crippen LogP contribution in [0.1, 0.15) is 13.3 Å². The third-order valence-corrected chi connectivity index (χ3v) is 2.49. The van der Waals surface area contributed by atoms with Gasteiger partial charge in [0.25, 0.3) is 0 Å². The summed E-state index contributed by atoms with van der Waals surface area (Å²) in [6, 6.07) is 7.14. The molecule has 1 aromatic heterocycles. The average molecular weight is 238 g/mol. The van der Waals surface area contributed by atoms with Crippen LogP contribution in [0.15, 0.2) is 35.4 Å². The molecule has 0 aliphatic heterocycles. The molecule has 2 aromatic rings. The molecule has 0 amide bonds. The zero-order chi connectivity index (χ0) is 11.5. The fourth-order valence-corrected chi connectivity index (χ4v) is 1.69. The molecule has 0 spiro atoms. The quantitative estimate of drug-likeness (QED) is 0.820. The number of hydrogen-bond donors (Lipinski definition) is 0. The van der Waals surface area contributed by atoms with Gasteiger partial charge in [0.2, 0.25) is 0 Å². The van der Waals surface area contributed by atoms with Crippen LogP contribution in [-0.4, -0.2) is 14.3 Å². The number of aromatic nitrogens is 3. The van der Waals surface area contributed by atoms with Crippen LogP contribution in [0.5, 0.6) is 0 Å². The summed E-state index contributed by atoms with van der Waals surface area (Å²) in [7, 11) is 0. The molecule has 84 valence electrons. The van der Waals surface area contributed by atoms with Crippen molar-refractivity contribution in [1.29, 1.82) is 0 Å². The predicted molar refractivity (Wildman–Crippen MR) is 63.1 cm³/mol. The molecule has 0 aliphatic rings. The van der Waals surface area contributed by atoms with E-state index in [4.69, 9.17) is 11.6 Å². The van der Waals surface area contributed by atoms with Crippen LogP contribution >= 0.6 is 11.6 Å². The predicted octanol–water partition coefficient (Wildman–Crippen LogP) is 2.10. The van der Waals surface area contributed by atoms with Gasteiger partial charge in [0.05, 0.1) is 5.69 Å². The fourth-order valence-electron chi connectivity index (χ4n) is 1.51. The Hall–Kier alpha value is -1.55. The lowest BCUT2D eigenvalue weighted by molar-refractivity contribution is 0.578. The Bertz CT molecular complexity index is 544. The summed E-state index contributed by atoms with van der Waals surface area (Å²) in [6.45, 7) is 2.64. The lowest BCUT2D eigenvalue weighted by Crippen LogP contribution is -2.23. The van der Waals surface area contributed by atoms with Gasteiger partial charge in [-0.05, 0) is 24.6 Å². The second kappa shape index (κ2) is 4.53. The Labute approximate surface area is 98.1 Å². The molecule has 0 bridgehead atoms. The van der Waals surface area contributed by atoms with Crippen molar-refractivity contribution in [3.63, 3.8) is 0 Å². The molecule has 0 radical (unpaired) electrons. The molecule has 0 aliphatic carbocycles. The number of rotatable bonds is 3. The van der Waals surface area contributed by atoms with Crippen molar-refractivity contribution in [2.45, 2.75) is 19.9 Å². The first-order valence-corrected chi connectivity index (χ1v) is 5.50. The monoisotopic (exact) mass is 237 g/mol. The van der Waals surface area contributed by atoms with Crippen LogP contribution in [0.25, 0.3) is 5.69 Å². The van der Waals surface area contributed by atoms with Gasteiger partial charge < -0.3 is 0 Å². The van der Waals surface area contributed by atoms with Crippen molar-refractivity contribution < 1.29 is 0 Å². The van der Waals surface area contributed by atoms with E-state index in [2.05, 4.69) is 5.10 Å². The van der Waals surface area contributed by atoms with Gasteiger partial charge >= 0.3 is 5.69 Å². The largest absolute Gasteiger partial charge is 0.350 e. The number of halogens is 1. The first-order valence-electron chi connectivity index (χ1n) is 5.13. The highest BCUT2D eigenvalue weighted by Crippen LogP contribution is 2.12. The van der Waals surface area contributed by atoms with E-state index in [1.807, 2.05) is 13.0 Å². The Kier molecular flexibility index (Phi) is 3.10. The molecule has 16 heavy (non-hydrogen) atoms. The Morgan fingerprint density at radius 3 is 2.94 bits per heavy atom. The summed E-state index contributed by atoms with van der Waals surface area (Å²) in [5.41, 5.74) is 0.601. The van der Waals surface area contributed by atoms with Crippen molar-refractivity contribution in [2.75, 3.05) is 0 Å². The summed E-state index contributed by atoms with van der Waals surface area (Å²) in [5.74, 6) is 0. The summed E-state index contributed by atoms with van der Waals surface area (Å²) in [5, 5.41) is 4.64. The van der Waals surface area contributed by atoms with E-state index in [1.165, 1.54) is 15.6 Å². The van der Waals surface area contributed by atoms with E-state index in [0.717, 1.165) is 12.1 Å². The van der Waals surface area contributed by atoms with E-state index in [-0.39, 0.29) is 5.69 Å². The molecule has 0 saturated heterocycles. The summed E-state index contributed by atoms with van der Waals surface area (Å²) in [6.07, 6.45) is 2.40. The van der Waals surface area contributed by atoms with Crippen molar-refractivity contribution in [3.05, 3.63) is 46.1 Å². The molecule has 0 saturated carbocycles. The zero-order valence-corrected chi connectivity index (χ0v) is 9.68. The Morgan fingerprint density at radius 2 is 2.25 bits per heavy atom. The Balaban J connectivity index is 2.45. The highest BCUT2D eigenvalue weighted by atomic mass is 35.5. The molecular weight excluding hydrogens is 226 g/mol. The van der Waals surface area contributed by atoms with Crippen LogP contribution in [0.4, 0.5) is 0 Å². The minimum absolute atomic E-state index is 0.135. The number of aryl methyl sites for hydroxylation is 1. The second-order valence-electron chi connectivity index (χ2n) is 3.49. The third kappa shape index (κ3) is 2.02. The first-order chi connectivity index (χ1) is 7.72.